The van der Waals surface area contributed by atoms with E-state index in [9.17, 15) is 4.79 Å². The van der Waals surface area contributed by atoms with Crippen LogP contribution in [-0.4, -0.2) is 36.4 Å². The zero-order chi connectivity index (χ0) is 19.2. The Hall–Kier alpha value is -3.46. The van der Waals surface area contributed by atoms with Gasteiger partial charge in [-0.1, -0.05) is 30.0 Å². The van der Waals surface area contributed by atoms with Crippen LogP contribution >= 0.6 is 11.8 Å². The highest BCUT2D eigenvalue weighted by Crippen LogP contribution is 2.24. The number of hydrogen-bond donors (Lipinski definition) is 1. The van der Waals surface area contributed by atoms with Gasteiger partial charge in [-0.3, -0.25) is 14.3 Å². The summed E-state index contributed by atoms with van der Waals surface area (Å²) >= 11 is 1.30. The summed E-state index contributed by atoms with van der Waals surface area (Å²) in [5.41, 5.74) is 1.35. The second-order valence-electron chi connectivity index (χ2n) is 5.77. The van der Waals surface area contributed by atoms with Crippen molar-refractivity contribution in [3.63, 3.8) is 0 Å². The minimum Gasteiger partial charge on any atom is -0.467 e. The fraction of sp³-hybridized carbons (Fsp3) is 0.105. The molecule has 9 heteroatoms. The zero-order valence-electron chi connectivity index (χ0n) is 14.7. The first-order chi connectivity index (χ1) is 13.8. The molecule has 1 aromatic carbocycles. The average molecular weight is 392 g/mol. The van der Waals surface area contributed by atoms with Crippen LogP contribution in [0.1, 0.15) is 5.76 Å². The molecule has 0 aliphatic carbocycles. The minimum atomic E-state index is -0.121. The second kappa shape index (κ2) is 8.49. The van der Waals surface area contributed by atoms with Gasteiger partial charge in [0.25, 0.3) is 0 Å². The fourth-order valence-electron chi connectivity index (χ4n) is 2.55. The third kappa shape index (κ3) is 4.26. The summed E-state index contributed by atoms with van der Waals surface area (Å²) in [6.07, 6.45) is 6.43. The Labute approximate surface area is 165 Å². The monoisotopic (exact) mass is 392 g/mol. The Balaban J connectivity index is 1.53. The lowest BCUT2D eigenvalue weighted by Crippen LogP contribution is -2.14. The summed E-state index contributed by atoms with van der Waals surface area (Å²) in [5, 5.41) is 11.9. The molecule has 0 radical (unpaired) electrons. The molecular weight excluding hydrogens is 376 g/mol. The SMILES string of the molecule is O=C(CSc1nnc(-c2cnccn2)n1Cc1ccco1)Nc1ccccc1. The molecule has 0 saturated carbocycles. The number of furan rings is 1. The van der Waals surface area contributed by atoms with Crippen LogP contribution in [0.5, 0.6) is 0 Å². The predicted octanol–water partition coefficient (Wildman–Crippen LogP) is 3.11. The Bertz CT molecular complexity index is 1040. The van der Waals surface area contributed by atoms with Gasteiger partial charge in [0.05, 0.1) is 24.8 Å². The predicted molar refractivity (Wildman–Crippen MR) is 105 cm³/mol. The second-order valence-corrected chi connectivity index (χ2v) is 6.71. The van der Waals surface area contributed by atoms with E-state index in [1.54, 1.807) is 24.9 Å². The summed E-state index contributed by atoms with van der Waals surface area (Å²) in [6, 6.07) is 13.0. The lowest BCUT2D eigenvalue weighted by Gasteiger charge is -2.08. The van der Waals surface area contributed by atoms with Crippen LogP contribution in [0.3, 0.4) is 0 Å². The molecule has 0 spiro atoms. The molecule has 4 rings (SSSR count). The number of hydrogen-bond acceptors (Lipinski definition) is 7. The summed E-state index contributed by atoms with van der Waals surface area (Å²) < 4.78 is 7.32. The number of benzene rings is 1. The maximum Gasteiger partial charge on any atom is 0.234 e. The van der Waals surface area contributed by atoms with Gasteiger partial charge >= 0.3 is 0 Å². The normalized spacial score (nSPS) is 10.7. The zero-order valence-corrected chi connectivity index (χ0v) is 15.5. The number of aromatic nitrogens is 5. The summed E-state index contributed by atoms with van der Waals surface area (Å²) in [7, 11) is 0. The smallest absolute Gasteiger partial charge is 0.234 e. The van der Waals surface area contributed by atoms with Crippen LogP contribution in [0.4, 0.5) is 5.69 Å². The van der Waals surface area contributed by atoms with E-state index in [4.69, 9.17) is 4.42 Å². The molecule has 3 aromatic heterocycles. The van der Waals surface area contributed by atoms with Gasteiger partial charge in [-0.25, -0.2) is 4.98 Å². The molecule has 0 aliphatic heterocycles. The number of nitrogens with zero attached hydrogens (tertiary/aromatic N) is 5. The molecule has 0 unspecified atom stereocenters. The summed E-state index contributed by atoms with van der Waals surface area (Å²) in [4.78, 5) is 20.7. The molecule has 28 heavy (non-hydrogen) atoms. The van der Waals surface area contributed by atoms with Gasteiger partial charge in [0, 0.05) is 18.1 Å². The number of thioether (sulfide) groups is 1. The van der Waals surface area contributed by atoms with Crippen LogP contribution in [0.2, 0.25) is 0 Å². The summed E-state index contributed by atoms with van der Waals surface area (Å²) in [5.74, 6) is 1.40. The topological polar surface area (TPSA) is 98.7 Å². The molecule has 4 aromatic rings. The van der Waals surface area contributed by atoms with Crippen molar-refractivity contribution in [1.82, 2.24) is 24.7 Å². The van der Waals surface area contributed by atoms with Gasteiger partial charge in [-0.2, -0.15) is 0 Å². The van der Waals surface area contributed by atoms with Crippen molar-refractivity contribution in [2.75, 3.05) is 11.1 Å². The average Bonchev–Trinajstić information content (AvgIpc) is 3.38. The van der Waals surface area contributed by atoms with Crippen LogP contribution in [-0.2, 0) is 11.3 Å². The van der Waals surface area contributed by atoms with E-state index >= 15 is 0 Å². The van der Waals surface area contributed by atoms with Gasteiger partial charge in [-0.15, -0.1) is 10.2 Å². The van der Waals surface area contributed by atoms with Crippen molar-refractivity contribution in [2.45, 2.75) is 11.7 Å². The third-order valence-corrected chi connectivity index (χ3v) is 4.76. The van der Waals surface area contributed by atoms with Crippen molar-refractivity contribution < 1.29 is 9.21 Å². The Morgan fingerprint density at radius 2 is 2.00 bits per heavy atom. The van der Waals surface area contributed by atoms with Gasteiger partial charge < -0.3 is 9.73 Å². The van der Waals surface area contributed by atoms with E-state index in [-0.39, 0.29) is 11.7 Å². The number of rotatable bonds is 7. The van der Waals surface area contributed by atoms with Gasteiger partial charge in [0.1, 0.15) is 11.5 Å². The minimum absolute atomic E-state index is 0.121. The van der Waals surface area contributed by atoms with Crippen LogP contribution in [0, 0.1) is 0 Å². The van der Waals surface area contributed by atoms with Gasteiger partial charge in [0.2, 0.25) is 5.91 Å². The van der Waals surface area contributed by atoms with Gasteiger partial charge in [0.15, 0.2) is 11.0 Å². The van der Waals surface area contributed by atoms with Crippen molar-refractivity contribution in [2.24, 2.45) is 0 Å². The molecule has 0 aliphatic rings. The number of para-hydroxylation sites is 1. The number of carbonyl (C=O) groups excluding carboxylic acids is 1. The Morgan fingerprint density at radius 3 is 2.75 bits per heavy atom. The summed E-state index contributed by atoms with van der Waals surface area (Å²) in [6.45, 7) is 0.425. The maximum absolute atomic E-state index is 12.3. The largest absolute Gasteiger partial charge is 0.467 e. The number of carbonyl (C=O) groups is 1. The van der Waals surface area contributed by atoms with E-state index in [0.717, 1.165) is 11.4 Å². The maximum atomic E-state index is 12.3. The molecule has 1 N–H and O–H groups in total. The van der Waals surface area contributed by atoms with Crippen LogP contribution in [0.25, 0.3) is 11.5 Å². The van der Waals surface area contributed by atoms with Crippen molar-refractivity contribution in [3.05, 3.63) is 73.1 Å². The molecule has 0 atom stereocenters. The van der Waals surface area contributed by atoms with E-state index in [0.29, 0.717) is 23.2 Å². The van der Waals surface area contributed by atoms with Crippen LogP contribution < -0.4 is 5.32 Å². The molecule has 8 nitrogen and oxygen atoms in total. The molecule has 0 saturated heterocycles. The number of amides is 1. The lowest BCUT2D eigenvalue weighted by molar-refractivity contribution is -0.113. The van der Waals surface area contributed by atoms with E-state index in [1.165, 1.54) is 11.8 Å². The highest BCUT2D eigenvalue weighted by molar-refractivity contribution is 7.99. The third-order valence-electron chi connectivity index (χ3n) is 3.79. The van der Waals surface area contributed by atoms with E-state index in [1.807, 2.05) is 47.0 Å². The van der Waals surface area contributed by atoms with Crippen molar-refractivity contribution in [1.29, 1.82) is 0 Å². The molecular formula is C19H16N6O2S. The molecule has 140 valence electrons. The Kier molecular flexibility index (Phi) is 5.43. The fourth-order valence-corrected chi connectivity index (χ4v) is 3.29. The van der Waals surface area contributed by atoms with Crippen molar-refractivity contribution >= 4 is 23.4 Å². The molecule has 3 heterocycles. The molecule has 1 amide bonds. The number of anilines is 1. The lowest BCUT2D eigenvalue weighted by atomic mass is 10.3. The molecule has 0 bridgehead atoms. The quantitative estimate of drug-likeness (QED) is 0.483. The van der Waals surface area contributed by atoms with Crippen molar-refractivity contribution in [3.8, 4) is 11.5 Å². The first kappa shape index (κ1) is 17.9. The van der Waals surface area contributed by atoms with Crippen LogP contribution in [0.15, 0.2) is 76.9 Å². The first-order valence-electron chi connectivity index (χ1n) is 8.49. The van der Waals surface area contributed by atoms with Gasteiger partial charge in [-0.05, 0) is 24.3 Å². The molecule has 0 fully saturated rings. The first-order valence-corrected chi connectivity index (χ1v) is 9.48. The standard InChI is InChI=1S/C19H16N6O2S/c26-17(22-14-5-2-1-3-6-14)13-28-19-24-23-18(16-11-20-8-9-21-16)25(19)12-15-7-4-10-27-15/h1-11H,12-13H2,(H,22,26). The van der Waals surface area contributed by atoms with E-state index in [2.05, 4.69) is 25.5 Å². The Morgan fingerprint density at radius 1 is 1.11 bits per heavy atom. The highest BCUT2D eigenvalue weighted by atomic mass is 32.2. The van der Waals surface area contributed by atoms with E-state index < -0.39 is 0 Å². The highest BCUT2D eigenvalue weighted by Gasteiger charge is 2.18. The number of nitrogens with one attached hydrogen (secondary N) is 1.